The van der Waals surface area contributed by atoms with Gasteiger partial charge in [0.2, 0.25) is 0 Å². The maximum Gasteiger partial charge on any atom is 0.126 e. The van der Waals surface area contributed by atoms with E-state index in [1.165, 1.54) is 6.07 Å². The van der Waals surface area contributed by atoms with Gasteiger partial charge in [0.05, 0.1) is 0 Å². The van der Waals surface area contributed by atoms with E-state index in [9.17, 15) is 9.50 Å². The van der Waals surface area contributed by atoms with Crippen LogP contribution in [-0.4, -0.2) is 5.11 Å². The maximum atomic E-state index is 13.3. The lowest BCUT2D eigenvalue weighted by molar-refractivity contribution is 0.110. The quantitative estimate of drug-likeness (QED) is 0.739. The van der Waals surface area contributed by atoms with Crippen molar-refractivity contribution in [3.63, 3.8) is 0 Å². The van der Waals surface area contributed by atoms with E-state index in [1.54, 1.807) is 32.1 Å². The molecule has 0 fully saturated rings. The average molecular weight is 208 g/mol. The van der Waals surface area contributed by atoms with Crippen LogP contribution in [-0.2, 0) is 5.60 Å². The molecule has 0 aliphatic carbocycles. The van der Waals surface area contributed by atoms with Crippen LogP contribution < -0.4 is 0 Å². The minimum absolute atomic E-state index is 0.282. The fourth-order valence-corrected chi connectivity index (χ4v) is 1.55. The first-order chi connectivity index (χ1) is 6.83. The lowest BCUT2D eigenvalue weighted by Crippen LogP contribution is -2.18. The number of halogens is 1. The standard InChI is InChI=1S/C13H17FO/c1-9(2)8-13(4,15)11-6-5-10(3)12(14)7-11/h5-8,15H,1-4H3. The van der Waals surface area contributed by atoms with Gasteiger partial charge in [-0.1, -0.05) is 23.8 Å². The first-order valence-corrected chi connectivity index (χ1v) is 4.98. The normalized spacial score (nSPS) is 14.5. The predicted molar refractivity (Wildman–Crippen MR) is 60.1 cm³/mol. The molecule has 1 unspecified atom stereocenters. The Labute approximate surface area is 90.3 Å². The summed E-state index contributed by atoms with van der Waals surface area (Å²) in [6, 6.07) is 4.81. The molecular formula is C13H17FO. The summed E-state index contributed by atoms with van der Waals surface area (Å²) in [5.41, 5.74) is 1.06. The van der Waals surface area contributed by atoms with Crippen molar-refractivity contribution in [2.45, 2.75) is 33.3 Å². The molecule has 1 N–H and O–H groups in total. The number of aryl methyl sites for hydroxylation is 1. The summed E-state index contributed by atoms with van der Waals surface area (Å²) in [5.74, 6) is -0.282. The van der Waals surface area contributed by atoms with Gasteiger partial charge in [0.15, 0.2) is 0 Å². The van der Waals surface area contributed by atoms with Gasteiger partial charge in [0.25, 0.3) is 0 Å². The van der Waals surface area contributed by atoms with Crippen LogP contribution in [0.15, 0.2) is 29.8 Å². The number of hydrogen-bond acceptors (Lipinski definition) is 1. The molecule has 0 radical (unpaired) electrons. The molecule has 0 spiro atoms. The van der Waals surface area contributed by atoms with Crippen LogP contribution in [0.5, 0.6) is 0 Å². The second-order valence-electron chi connectivity index (χ2n) is 4.33. The Morgan fingerprint density at radius 1 is 1.40 bits per heavy atom. The fourth-order valence-electron chi connectivity index (χ4n) is 1.55. The molecule has 0 saturated heterocycles. The number of aliphatic hydroxyl groups is 1. The van der Waals surface area contributed by atoms with Crippen molar-refractivity contribution in [3.05, 3.63) is 46.8 Å². The Morgan fingerprint density at radius 3 is 2.47 bits per heavy atom. The van der Waals surface area contributed by atoms with Crippen LogP contribution in [0.3, 0.4) is 0 Å². The molecule has 0 amide bonds. The fraction of sp³-hybridized carbons (Fsp3) is 0.385. The van der Waals surface area contributed by atoms with Crippen LogP contribution in [0.4, 0.5) is 4.39 Å². The molecule has 2 heteroatoms. The Morgan fingerprint density at radius 2 is 2.00 bits per heavy atom. The number of allylic oxidation sites excluding steroid dienone is 1. The van der Waals surface area contributed by atoms with Crippen molar-refractivity contribution >= 4 is 0 Å². The van der Waals surface area contributed by atoms with Crippen molar-refractivity contribution in [2.24, 2.45) is 0 Å². The third-order valence-electron chi connectivity index (χ3n) is 2.33. The van der Waals surface area contributed by atoms with E-state index < -0.39 is 5.60 Å². The third kappa shape index (κ3) is 2.90. The first kappa shape index (κ1) is 11.9. The number of hydrogen-bond donors (Lipinski definition) is 1. The molecule has 0 aromatic heterocycles. The molecule has 82 valence electrons. The van der Waals surface area contributed by atoms with Crippen molar-refractivity contribution in [3.8, 4) is 0 Å². The van der Waals surface area contributed by atoms with Gasteiger partial charge in [-0.05, 0) is 44.9 Å². The monoisotopic (exact) mass is 208 g/mol. The first-order valence-electron chi connectivity index (χ1n) is 4.98. The second kappa shape index (κ2) is 4.15. The Bertz CT molecular complexity index is 388. The van der Waals surface area contributed by atoms with Crippen LogP contribution in [0.25, 0.3) is 0 Å². The van der Waals surface area contributed by atoms with Crippen LogP contribution in [0.1, 0.15) is 31.9 Å². The summed E-state index contributed by atoms with van der Waals surface area (Å²) in [7, 11) is 0. The zero-order valence-corrected chi connectivity index (χ0v) is 9.63. The summed E-state index contributed by atoms with van der Waals surface area (Å²) in [6.07, 6.45) is 1.72. The molecule has 0 heterocycles. The summed E-state index contributed by atoms with van der Waals surface area (Å²) in [5, 5.41) is 10.1. The van der Waals surface area contributed by atoms with E-state index in [0.29, 0.717) is 11.1 Å². The van der Waals surface area contributed by atoms with E-state index in [0.717, 1.165) is 5.57 Å². The largest absolute Gasteiger partial charge is 0.381 e. The van der Waals surface area contributed by atoms with E-state index in [-0.39, 0.29) is 5.82 Å². The zero-order chi connectivity index (χ0) is 11.6. The minimum Gasteiger partial charge on any atom is -0.381 e. The Balaban J connectivity index is 3.16. The van der Waals surface area contributed by atoms with Crippen molar-refractivity contribution < 1.29 is 9.50 Å². The highest BCUT2D eigenvalue weighted by Gasteiger charge is 2.20. The van der Waals surface area contributed by atoms with Gasteiger partial charge in [0.1, 0.15) is 11.4 Å². The summed E-state index contributed by atoms with van der Waals surface area (Å²) in [6.45, 7) is 7.16. The van der Waals surface area contributed by atoms with Gasteiger partial charge >= 0.3 is 0 Å². The molecule has 1 aromatic carbocycles. The second-order valence-corrected chi connectivity index (χ2v) is 4.33. The van der Waals surface area contributed by atoms with Crippen LogP contribution >= 0.6 is 0 Å². The molecule has 1 atom stereocenters. The third-order valence-corrected chi connectivity index (χ3v) is 2.33. The molecular weight excluding hydrogens is 191 g/mol. The zero-order valence-electron chi connectivity index (χ0n) is 9.63. The van der Waals surface area contributed by atoms with E-state index in [1.807, 2.05) is 13.8 Å². The summed E-state index contributed by atoms with van der Waals surface area (Å²) >= 11 is 0. The smallest absolute Gasteiger partial charge is 0.126 e. The van der Waals surface area contributed by atoms with Crippen molar-refractivity contribution in [1.29, 1.82) is 0 Å². The Hall–Kier alpha value is -1.15. The lowest BCUT2D eigenvalue weighted by Gasteiger charge is -2.20. The molecule has 0 aliphatic heterocycles. The van der Waals surface area contributed by atoms with E-state index in [2.05, 4.69) is 0 Å². The van der Waals surface area contributed by atoms with E-state index >= 15 is 0 Å². The van der Waals surface area contributed by atoms with Gasteiger partial charge in [-0.25, -0.2) is 4.39 Å². The SMILES string of the molecule is CC(C)=CC(C)(O)c1ccc(C)c(F)c1. The topological polar surface area (TPSA) is 20.2 Å². The highest BCUT2D eigenvalue weighted by atomic mass is 19.1. The highest BCUT2D eigenvalue weighted by Crippen LogP contribution is 2.25. The molecule has 1 nitrogen and oxygen atoms in total. The van der Waals surface area contributed by atoms with Gasteiger partial charge in [-0.15, -0.1) is 0 Å². The molecule has 1 aromatic rings. The molecule has 1 rings (SSSR count). The van der Waals surface area contributed by atoms with Gasteiger partial charge in [-0.2, -0.15) is 0 Å². The predicted octanol–water partition coefficient (Wildman–Crippen LogP) is 3.31. The van der Waals surface area contributed by atoms with Crippen LogP contribution in [0.2, 0.25) is 0 Å². The van der Waals surface area contributed by atoms with Crippen molar-refractivity contribution in [1.82, 2.24) is 0 Å². The average Bonchev–Trinajstić information content (AvgIpc) is 2.07. The molecule has 0 saturated carbocycles. The van der Waals surface area contributed by atoms with E-state index in [4.69, 9.17) is 0 Å². The van der Waals surface area contributed by atoms with Gasteiger partial charge < -0.3 is 5.11 Å². The van der Waals surface area contributed by atoms with Gasteiger partial charge in [-0.3, -0.25) is 0 Å². The van der Waals surface area contributed by atoms with Crippen LogP contribution in [0, 0.1) is 12.7 Å². The maximum absolute atomic E-state index is 13.3. The molecule has 0 bridgehead atoms. The summed E-state index contributed by atoms with van der Waals surface area (Å²) < 4.78 is 13.3. The number of rotatable bonds is 2. The number of benzene rings is 1. The lowest BCUT2D eigenvalue weighted by atomic mass is 9.93. The Kier molecular flexibility index (Phi) is 3.30. The summed E-state index contributed by atoms with van der Waals surface area (Å²) in [4.78, 5) is 0. The minimum atomic E-state index is -1.10. The van der Waals surface area contributed by atoms with Crippen molar-refractivity contribution in [2.75, 3.05) is 0 Å². The molecule has 0 aliphatic rings. The van der Waals surface area contributed by atoms with Gasteiger partial charge in [0, 0.05) is 0 Å². The molecule has 15 heavy (non-hydrogen) atoms. The highest BCUT2D eigenvalue weighted by molar-refractivity contribution is 5.31.